The van der Waals surface area contributed by atoms with E-state index in [4.69, 9.17) is 9.47 Å². The molecule has 3 nitrogen and oxygen atoms in total. The van der Waals surface area contributed by atoms with Crippen molar-refractivity contribution >= 4 is 5.97 Å². The van der Waals surface area contributed by atoms with Crippen LogP contribution in [0.25, 0.3) is 0 Å². The number of ether oxygens (including phenoxy) is 2. The van der Waals surface area contributed by atoms with Crippen LogP contribution in [0.3, 0.4) is 0 Å². The second-order valence-electron chi connectivity index (χ2n) is 7.30. The largest absolute Gasteiger partial charge is 0.489 e. The Labute approximate surface area is 132 Å². The molecule has 1 aromatic carbocycles. The number of allylic oxidation sites excluding steroid dienone is 2. The molecule has 118 valence electrons. The SMILES string of the molecule is CC(C)=CC1C(C(=O)OC2COc3c(C)cccc32)C1(C)C. The molecule has 1 aliphatic carbocycles. The van der Waals surface area contributed by atoms with E-state index in [-0.39, 0.29) is 29.3 Å². The minimum atomic E-state index is -0.272. The van der Waals surface area contributed by atoms with Gasteiger partial charge in [-0.15, -0.1) is 0 Å². The highest BCUT2D eigenvalue weighted by molar-refractivity contribution is 5.78. The first kappa shape index (κ1) is 15.1. The van der Waals surface area contributed by atoms with Crippen molar-refractivity contribution in [3.63, 3.8) is 0 Å². The van der Waals surface area contributed by atoms with Crippen molar-refractivity contribution in [1.29, 1.82) is 0 Å². The van der Waals surface area contributed by atoms with E-state index in [1.165, 1.54) is 5.57 Å². The summed E-state index contributed by atoms with van der Waals surface area (Å²) in [6.07, 6.45) is 1.92. The summed E-state index contributed by atoms with van der Waals surface area (Å²) < 4.78 is 11.5. The van der Waals surface area contributed by atoms with E-state index in [1.807, 2.05) is 25.1 Å². The molecule has 3 heteroatoms. The van der Waals surface area contributed by atoms with Crippen molar-refractivity contribution in [1.82, 2.24) is 0 Å². The molecule has 22 heavy (non-hydrogen) atoms. The monoisotopic (exact) mass is 300 g/mol. The fourth-order valence-electron chi connectivity index (χ4n) is 3.48. The Morgan fingerprint density at radius 1 is 1.36 bits per heavy atom. The molecule has 0 aromatic heterocycles. The molecule has 0 radical (unpaired) electrons. The number of esters is 1. The smallest absolute Gasteiger partial charge is 0.310 e. The molecular formula is C19H24O3. The molecule has 2 aliphatic rings. The maximum absolute atomic E-state index is 12.6. The molecule has 1 fully saturated rings. The molecule has 0 bridgehead atoms. The van der Waals surface area contributed by atoms with Gasteiger partial charge in [-0.05, 0) is 37.7 Å². The zero-order valence-corrected chi connectivity index (χ0v) is 14.0. The number of carbonyl (C=O) groups excluding carboxylic acids is 1. The van der Waals surface area contributed by atoms with Crippen molar-refractivity contribution in [3.05, 3.63) is 41.0 Å². The summed E-state index contributed by atoms with van der Waals surface area (Å²) in [5.74, 6) is 1.01. The maximum Gasteiger partial charge on any atom is 0.310 e. The Bertz CT molecular complexity index is 638. The van der Waals surface area contributed by atoms with Crippen molar-refractivity contribution < 1.29 is 14.3 Å². The van der Waals surface area contributed by atoms with Gasteiger partial charge in [0.1, 0.15) is 12.4 Å². The van der Waals surface area contributed by atoms with E-state index < -0.39 is 0 Å². The molecule has 0 N–H and O–H groups in total. The molecular weight excluding hydrogens is 276 g/mol. The first-order valence-electron chi connectivity index (χ1n) is 7.90. The van der Waals surface area contributed by atoms with E-state index in [9.17, 15) is 4.79 Å². The molecule has 3 atom stereocenters. The summed E-state index contributed by atoms with van der Waals surface area (Å²) in [5, 5.41) is 0. The van der Waals surface area contributed by atoms with E-state index in [0.29, 0.717) is 6.61 Å². The summed E-state index contributed by atoms with van der Waals surface area (Å²) in [6, 6.07) is 5.98. The lowest BCUT2D eigenvalue weighted by atomic mass is 10.1. The normalized spacial score (nSPS) is 27.6. The molecule has 0 saturated heterocycles. The van der Waals surface area contributed by atoms with Gasteiger partial charge in [-0.3, -0.25) is 4.79 Å². The minimum absolute atomic E-state index is 0.0107. The van der Waals surface area contributed by atoms with Crippen LogP contribution in [0.1, 0.15) is 44.9 Å². The third kappa shape index (κ3) is 2.43. The van der Waals surface area contributed by atoms with Crippen LogP contribution in [0.5, 0.6) is 5.75 Å². The molecule has 1 aromatic rings. The number of carbonyl (C=O) groups is 1. The average molecular weight is 300 g/mol. The van der Waals surface area contributed by atoms with Gasteiger partial charge in [0.05, 0.1) is 5.92 Å². The van der Waals surface area contributed by atoms with Gasteiger partial charge >= 0.3 is 5.97 Å². The zero-order chi connectivity index (χ0) is 16.1. The van der Waals surface area contributed by atoms with Crippen molar-refractivity contribution in [2.24, 2.45) is 17.3 Å². The number of benzene rings is 1. The third-order valence-corrected chi connectivity index (χ3v) is 4.90. The van der Waals surface area contributed by atoms with E-state index in [1.54, 1.807) is 0 Å². The minimum Gasteiger partial charge on any atom is -0.489 e. The quantitative estimate of drug-likeness (QED) is 0.619. The van der Waals surface area contributed by atoms with Crippen LogP contribution in [-0.4, -0.2) is 12.6 Å². The number of rotatable bonds is 3. The van der Waals surface area contributed by atoms with Crippen LogP contribution in [0.15, 0.2) is 29.8 Å². The van der Waals surface area contributed by atoms with Gasteiger partial charge in [0.25, 0.3) is 0 Å². The predicted octanol–water partition coefficient (Wildman–Crippen LogP) is 4.21. The lowest BCUT2D eigenvalue weighted by molar-refractivity contribution is -0.152. The number of hydrogen-bond donors (Lipinski definition) is 0. The Morgan fingerprint density at radius 3 is 2.77 bits per heavy atom. The van der Waals surface area contributed by atoms with Gasteiger partial charge in [-0.2, -0.15) is 0 Å². The molecule has 3 unspecified atom stereocenters. The van der Waals surface area contributed by atoms with Crippen LogP contribution < -0.4 is 4.74 Å². The van der Waals surface area contributed by atoms with E-state index >= 15 is 0 Å². The highest BCUT2D eigenvalue weighted by atomic mass is 16.6. The first-order valence-corrected chi connectivity index (χ1v) is 7.90. The van der Waals surface area contributed by atoms with Crippen molar-refractivity contribution in [3.8, 4) is 5.75 Å². The standard InChI is InChI=1S/C19H24O3/c1-11(2)9-14-16(19(14,4)5)18(20)22-15-10-21-17-12(3)7-6-8-13(15)17/h6-9,14-16H,10H2,1-5H3. The zero-order valence-electron chi connectivity index (χ0n) is 14.0. The van der Waals surface area contributed by atoms with Crippen LogP contribution >= 0.6 is 0 Å². The highest BCUT2D eigenvalue weighted by Gasteiger charge is 2.61. The molecule has 1 heterocycles. The summed E-state index contributed by atoms with van der Waals surface area (Å²) in [4.78, 5) is 12.6. The second kappa shape index (κ2) is 5.15. The van der Waals surface area contributed by atoms with Crippen LogP contribution in [0.2, 0.25) is 0 Å². The number of fused-ring (bicyclic) bond motifs is 1. The van der Waals surface area contributed by atoms with Crippen LogP contribution in [0.4, 0.5) is 0 Å². The van der Waals surface area contributed by atoms with Gasteiger partial charge in [-0.1, -0.05) is 43.7 Å². The fraction of sp³-hybridized carbons (Fsp3) is 0.526. The molecule has 0 amide bonds. The van der Waals surface area contributed by atoms with E-state index in [2.05, 4.69) is 33.8 Å². The Kier molecular flexibility index (Phi) is 3.54. The number of para-hydroxylation sites is 1. The Morgan fingerprint density at radius 2 is 2.09 bits per heavy atom. The molecule has 0 spiro atoms. The number of hydrogen-bond acceptors (Lipinski definition) is 3. The lowest BCUT2D eigenvalue weighted by Crippen LogP contribution is -2.16. The summed E-state index contributed by atoms with van der Waals surface area (Å²) in [6.45, 7) is 10.8. The molecule has 1 aliphatic heterocycles. The maximum atomic E-state index is 12.6. The fourth-order valence-corrected chi connectivity index (χ4v) is 3.48. The van der Waals surface area contributed by atoms with Crippen LogP contribution in [0, 0.1) is 24.2 Å². The third-order valence-electron chi connectivity index (χ3n) is 4.90. The van der Waals surface area contributed by atoms with Gasteiger partial charge in [-0.25, -0.2) is 0 Å². The topological polar surface area (TPSA) is 35.5 Å². The van der Waals surface area contributed by atoms with Crippen molar-refractivity contribution in [2.75, 3.05) is 6.61 Å². The number of aryl methyl sites for hydroxylation is 1. The molecule has 1 saturated carbocycles. The summed E-state index contributed by atoms with van der Waals surface area (Å²) in [5.41, 5.74) is 3.32. The van der Waals surface area contributed by atoms with Crippen molar-refractivity contribution in [2.45, 2.75) is 40.7 Å². The summed E-state index contributed by atoms with van der Waals surface area (Å²) in [7, 11) is 0. The van der Waals surface area contributed by atoms with Gasteiger partial charge in [0.2, 0.25) is 0 Å². The Hall–Kier alpha value is -1.77. The first-order chi connectivity index (χ1) is 10.3. The average Bonchev–Trinajstić information content (AvgIpc) is 2.78. The van der Waals surface area contributed by atoms with Gasteiger partial charge < -0.3 is 9.47 Å². The molecule has 3 rings (SSSR count). The lowest BCUT2D eigenvalue weighted by Gasteiger charge is -2.12. The Balaban J connectivity index is 1.73. The highest BCUT2D eigenvalue weighted by Crippen LogP contribution is 2.60. The van der Waals surface area contributed by atoms with Crippen LogP contribution in [-0.2, 0) is 9.53 Å². The van der Waals surface area contributed by atoms with E-state index in [0.717, 1.165) is 16.9 Å². The summed E-state index contributed by atoms with van der Waals surface area (Å²) >= 11 is 0. The van der Waals surface area contributed by atoms with Gasteiger partial charge in [0.15, 0.2) is 6.10 Å². The predicted molar refractivity (Wildman–Crippen MR) is 85.7 cm³/mol. The second-order valence-corrected chi connectivity index (χ2v) is 7.30. The van der Waals surface area contributed by atoms with Gasteiger partial charge in [0, 0.05) is 5.56 Å².